The molecule has 0 unspecified atom stereocenters. The molecule has 1 aromatic rings. The Morgan fingerprint density at radius 3 is 1.82 bits per heavy atom. The van der Waals surface area contributed by atoms with Gasteiger partial charge < -0.3 is 11.5 Å². The van der Waals surface area contributed by atoms with Crippen molar-refractivity contribution >= 4 is 0 Å². The van der Waals surface area contributed by atoms with Crippen LogP contribution in [0.15, 0.2) is 30.3 Å². The maximum absolute atomic E-state index is 5.35. The summed E-state index contributed by atoms with van der Waals surface area (Å²) < 4.78 is 0. The first-order valence-corrected chi connectivity index (χ1v) is 3.79. The molecule has 0 radical (unpaired) electrons. The third-order valence-electron chi connectivity index (χ3n) is 1.08. The fraction of sp³-hybridized carbons (Fsp3) is 0.333. The summed E-state index contributed by atoms with van der Waals surface area (Å²) in [6, 6.07) is 9.99. The fourth-order valence-electron chi connectivity index (χ4n) is 0.614. The molecular formula is C9H16N2. The van der Waals surface area contributed by atoms with Crippen LogP contribution in [0.25, 0.3) is 0 Å². The van der Waals surface area contributed by atoms with Crippen molar-refractivity contribution < 1.29 is 0 Å². The van der Waals surface area contributed by atoms with E-state index < -0.39 is 0 Å². The maximum atomic E-state index is 5.35. The van der Waals surface area contributed by atoms with Crippen LogP contribution in [0.3, 0.4) is 0 Å². The zero-order valence-corrected chi connectivity index (χ0v) is 6.96. The van der Waals surface area contributed by atoms with Crippen LogP contribution in [0.1, 0.15) is 12.5 Å². The van der Waals surface area contributed by atoms with E-state index in [1.807, 2.05) is 37.3 Å². The zero-order chi connectivity index (χ0) is 8.53. The van der Waals surface area contributed by atoms with Crippen molar-refractivity contribution in [2.45, 2.75) is 13.5 Å². The lowest BCUT2D eigenvalue weighted by molar-refractivity contribution is 1.07. The van der Waals surface area contributed by atoms with Crippen LogP contribution in [0, 0.1) is 0 Å². The van der Waals surface area contributed by atoms with E-state index in [-0.39, 0.29) is 0 Å². The summed E-state index contributed by atoms with van der Waals surface area (Å²) >= 11 is 0. The lowest BCUT2D eigenvalue weighted by Gasteiger charge is -1.90. The number of rotatable bonds is 1. The normalized spacial score (nSPS) is 8.27. The molecule has 0 aliphatic carbocycles. The van der Waals surface area contributed by atoms with Gasteiger partial charge >= 0.3 is 0 Å². The van der Waals surface area contributed by atoms with Crippen LogP contribution < -0.4 is 11.5 Å². The molecule has 0 saturated heterocycles. The van der Waals surface area contributed by atoms with Gasteiger partial charge in [-0.05, 0) is 12.1 Å². The lowest BCUT2D eigenvalue weighted by Crippen LogP contribution is -1.94. The Bertz CT molecular complexity index is 160. The lowest BCUT2D eigenvalue weighted by atomic mass is 10.2. The first-order chi connectivity index (χ1) is 5.35. The minimum absolute atomic E-state index is 0.640. The third-order valence-corrected chi connectivity index (χ3v) is 1.08. The Labute approximate surface area is 68.2 Å². The van der Waals surface area contributed by atoms with E-state index in [0.717, 1.165) is 6.54 Å². The molecule has 0 atom stereocenters. The van der Waals surface area contributed by atoms with Gasteiger partial charge in [-0.3, -0.25) is 0 Å². The van der Waals surface area contributed by atoms with Crippen LogP contribution >= 0.6 is 0 Å². The van der Waals surface area contributed by atoms with Crippen molar-refractivity contribution in [1.29, 1.82) is 0 Å². The molecule has 0 amide bonds. The molecule has 0 heterocycles. The second-order valence-electron chi connectivity index (χ2n) is 2.10. The Morgan fingerprint density at radius 1 is 1.09 bits per heavy atom. The molecular weight excluding hydrogens is 136 g/mol. The highest BCUT2D eigenvalue weighted by Crippen LogP contribution is 1.94. The molecule has 2 nitrogen and oxygen atoms in total. The Balaban J connectivity index is 0.000000292. The highest BCUT2D eigenvalue weighted by molar-refractivity contribution is 5.13. The van der Waals surface area contributed by atoms with Gasteiger partial charge in [-0.2, -0.15) is 0 Å². The summed E-state index contributed by atoms with van der Waals surface area (Å²) in [6.45, 7) is 3.29. The molecule has 2 heteroatoms. The molecule has 4 N–H and O–H groups in total. The van der Waals surface area contributed by atoms with Crippen molar-refractivity contribution in [2.75, 3.05) is 6.54 Å². The van der Waals surface area contributed by atoms with Gasteiger partial charge in [0.25, 0.3) is 0 Å². The van der Waals surface area contributed by atoms with Crippen molar-refractivity contribution in [3.05, 3.63) is 35.9 Å². The summed E-state index contributed by atoms with van der Waals surface area (Å²) in [5.74, 6) is 0. The van der Waals surface area contributed by atoms with Gasteiger partial charge in [0, 0.05) is 6.54 Å². The number of nitrogens with two attached hydrogens (primary N) is 2. The average Bonchev–Trinajstić information content (AvgIpc) is 2.08. The van der Waals surface area contributed by atoms with Gasteiger partial charge in [-0.1, -0.05) is 37.3 Å². The van der Waals surface area contributed by atoms with E-state index in [1.165, 1.54) is 5.56 Å². The second-order valence-corrected chi connectivity index (χ2v) is 2.10. The number of hydrogen-bond acceptors (Lipinski definition) is 2. The summed E-state index contributed by atoms with van der Waals surface area (Å²) in [6.07, 6.45) is 0. The SMILES string of the molecule is CCN.NCc1ccccc1. The molecule has 0 aromatic heterocycles. The van der Waals surface area contributed by atoms with Crippen LogP contribution in [0.5, 0.6) is 0 Å². The van der Waals surface area contributed by atoms with Gasteiger partial charge in [-0.15, -0.1) is 0 Å². The average molecular weight is 152 g/mol. The molecule has 0 spiro atoms. The molecule has 0 aliphatic rings. The molecule has 0 bridgehead atoms. The zero-order valence-electron chi connectivity index (χ0n) is 6.96. The van der Waals surface area contributed by atoms with Crippen molar-refractivity contribution in [3.63, 3.8) is 0 Å². The van der Waals surface area contributed by atoms with E-state index >= 15 is 0 Å². The van der Waals surface area contributed by atoms with Gasteiger partial charge in [-0.25, -0.2) is 0 Å². The minimum Gasteiger partial charge on any atom is -0.331 e. The molecule has 1 rings (SSSR count). The van der Waals surface area contributed by atoms with Crippen molar-refractivity contribution in [3.8, 4) is 0 Å². The molecule has 0 fully saturated rings. The van der Waals surface area contributed by atoms with Gasteiger partial charge in [0.1, 0.15) is 0 Å². The van der Waals surface area contributed by atoms with Crippen LogP contribution in [0.4, 0.5) is 0 Å². The summed E-state index contributed by atoms with van der Waals surface area (Å²) in [7, 11) is 0. The van der Waals surface area contributed by atoms with E-state index in [1.54, 1.807) is 0 Å². The van der Waals surface area contributed by atoms with Gasteiger partial charge in [0.2, 0.25) is 0 Å². The van der Waals surface area contributed by atoms with Gasteiger partial charge in [0.15, 0.2) is 0 Å². The monoisotopic (exact) mass is 152 g/mol. The van der Waals surface area contributed by atoms with Crippen LogP contribution in [0.2, 0.25) is 0 Å². The maximum Gasteiger partial charge on any atom is 0.0178 e. The van der Waals surface area contributed by atoms with E-state index in [0.29, 0.717) is 6.54 Å². The topological polar surface area (TPSA) is 52.0 Å². The standard InChI is InChI=1S/C7H9N.C2H7N/c8-6-7-4-2-1-3-5-7;1-2-3/h1-5H,6,8H2;2-3H2,1H3. The van der Waals surface area contributed by atoms with Crippen LogP contribution in [-0.2, 0) is 6.54 Å². The molecule has 1 aromatic carbocycles. The van der Waals surface area contributed by atoms with Crippen molar-refractivity contribution in [2.24, 2.45) is 11.5 Å². The predicted molar refractivity (Wildman–Crippen MR) is 49.1 cm³/mol. The van der Waals surface area contributed by atoms with Gasteiger partial charge in [0.05, 0.1) is 0 Å². The smallest absolute Gasteiger partial charge is 0.0178 e. The number of benzene rings is 1. The quantitative estimate of drug-likeness (QED) is 0.633. The first-order valence-electron chi connectivity index (χ1n) is 3.79. The van der Waals surface area contributed by atoms with E-state index in [4.69, 9.17) is 11.5 Å². The molecule has 11 heavy (non-hydrogen) atoms. The summed E-state index contributed by atoms with van der Waals surface area (Å²) in [4.78, 5) is 0. The third kappa shape index (κ3) is 5.58. The Morgan fingerprint density at radius 2 is 1.55 bits per heavy atom. The molecule has 62 valence electrons. The highest BCUT2D eigenvalue weighted by Gasteiger charge is 1.80. The van der Waals surface area contributed by atoms with Crippen molar-refractivity contribution in [1.82, 2.24) is 0 Å². The van der Waals surface area contributed by atoms with E-state index in [9.17, 15) is 0 Å². The molecule has 0 saturated carbocycles. The molecule has 0 aliphatic heterocycles. The fourth-order valence-corrected chi connectivity index (χ4v) is 0.614. The minimum atomic E-state index is 0.640. The Kier molecular flexibility index (Phi) is 6.68. The second kappa shape index (κ2) is 7.25. The Hall–Kier alpha value is -0.860. The van der Waals surface area contributed by atoms with Crippen LogP contribution in [-0.4, -0.2) is 6.54 Å². The number of hydrogen-bond donors (Lipinski definition) is 2. The highest BCUT2D eigenvalue weighted by atomic mass is 14.5. The predicted octanol–water partition coefficient (Wildman–Crippen LogP) is 1.11. The largest absolute Gasteiger partial charge is 0.331 e. The summed E-state index contributed by atoms with van der Waals surface area (Å²) in [5.41, 5.74) is 11.4. The first kappa shape index (κ1) is 10.1. The van der Waals surface area contributed by atoms with E-state index in [2.05, 4.69) is 0 Å². The summed E-state index contributed by atoms with van der Waals surface area (Å²) in [5, 5.41) is 0.